The van der Waals surface area contributed by atoms with Crippen molar-refractivity contribution < 1.29 is 0 Å². The maximum absolute atomic E-state index is 4.80. The van der Waals surface area contributed by atoms with Crippen molar-refractivity contribution in [2.24, 2.45) is 5.92 Å². The Morgan fingerprint density at radius 3 is 2.60 bits per heavy atom. The summed E-state index contributed by atoms with van der Waals surface area (Å²) in [5, 5.41) is 8.37. The van der Waals surface area contributed by atoms with E-state index in [4.69, 9.17) is 12.2 Å². The van der Waals surface area contributed by atoms with Crippen LogP contribution in [0.15, 0.2) is 0 Å². The fourth-order valence-electron chi connectivity index (χ4n) is 1.12. The summed E-state index contributed by atoms with van der Waals surface area (Å²) in [4.78, 5) is 0. The summed E-state index contributed by atoms with van der Waals surface area (Å²) >= 11 is 4.80. The second-order valence-electron chi connectivity index (χ2n) is 3.04. The van der Waals surface area contributed by atoms with Crippen molar-refractivity contribution in [1.29, 1.82) is 0 Å². The number of nitrogens with one attached hydrogen (secondary N) is 2. The highest BCUT2D eigenvalue weighted by Crippen LogP contribution is 2.04. The van der Waals surface area contributed by atoms with E-state index in [1.807, 2.05) is 0 Å². The first-order valence-corrected chi connectivity index (χ1v) is 4.16. The second kappa shape index (κ2) is 3.42. The van der Waals surface area contributed by atoms with E-state index in [1.54, 1.807) is 5.37 Å². The number of hydrogen-bond donors (Lipinski definition) is 2. The van der Waals surface area contributed by atoms with Gasteiger partial charge in [-0.1, -0.05) is 26.1 Å². The van der Waals surface area contributed by atoms with E-state index in [0.717, 1.165) is 6.54 Å². The standard InChI is InChI=1S/C7H14N2S/c1-5(2)6-3-8-7(4-10)9-6/h4-9H,3H2,1-2H3. The summed E-state index contributed by atoms with van der Waals surface area (Å²) in [6.45, 7) is 5.46. The van der Waals surface area contributed by atoms with Crippen LogP contribution in [0.3, 0.4) is 0 Å². The van der Waals surface area contributed by atoms with Crippen molar-refractivity contribution in [3.63, 3.8) is 0 Å². The highest BCUT2D eigenvalue weighted by Gasteiger charge is 2.22. The van der Waals surface area contributed by atoms with E-state index in [2.05, 4.69) is 24.5 Å². The van der Waals surface area contributed by atoms with Gasteiger partial charge >= 0.3 is 0 Å². The highest BCUT2D eigenvalue weighted by atomic mass is 32.1. The van der Waals surface area contributed by atoms with Gasteiger partial charge in [0.05, 0.1) is 6.17 Å². The van der Waals surface area contributed by atoms with Crippen molar-refractivity contribution in [3.05, 3.63) is 0 Å². The minimum atomic E-state index is 0.252. The molecular formula is C7H14N2S. The second-order valence-corrected chi connectivity index (χ2v) is 3.31. The summed E-state index contributed by atoms with van der Waals surface area (Å²) in [7, 11) is 0. The fraction of sp³-hybridized carbons (Fsp3) is 0.857. The predicted octanol–water partition coefficient (Wildman–Crippen LogP) is 0.530. The van der Waals surface area contributed by atoms with E-state index in [9.17, 15) is 0 Å². The molecule has 0 aliphatic carbocycles. The van der Waals surface area contributed by atoms with E-state index in [-0.39, 0.29) is 6.17 Å². The van der Waals surface area contributed by atoms with Crippen molar-refractivity contribution in [2.75, 3.05) is 6.54 Å². The van der Waals surface area contributed by atoms with E-state index < -0.39 is 0 Å². The van der Waals surface area contributed by atoms with Crippen molar-refractivity contribution in [2.45, 2.75) is 26.1 Å². The third-order valence-electron chi connectivity index (χ3n) is 1.89. The van der Waals surface area contributed by atoms with Crippen LogP contribution in [0.1, 0.15) is 13.8 Å². The molecule has 0 aromatic rings. The van der Waals surface area contributed by atoms with E-state index in [1.165, 1.54) is 0 Å². The van der Waals surface area contributed by atoms with Gasteiger partial charge in [-0.2, -0.15) is 0 Å². The molecule has 2 nitrogen and oxygen atoms in total. The van der Waals surface area contributed by atoms with E-state index in [0.29, 0.717) is 12.0 Å². The molecule has 0 saturated carbocycles. The zero-order valence-electron chi connectivity index (χ0n) is 6.42. The molecule has 0 spiro atoms. The molecule has 0 aromatic heterocycles. The van der Waals surface area contributed by atoms with Crippen molar-refractivity contribution in [1.82, 2.24) is 10.6 Å². The lowest BCUT2D eigenvalue weighted by Gasteiger charge is -2.13. The van der Waals surface area contributed by atoms with Crippen LogP contribution in [0.5, 0.6) is 0 Å². The minimum Gasteiger partial charge on any atom is -0.296 e. The molecule has 1 heterocycles. The number of thiocarbonyl (C=S) groups is 1. The third-order valence-corrected chi connectivity index (χ3v) is 2.16. The maximum Gasteiger partial charge on any atom is 0.0871 e. The summed E-state index contributed by atoms with van der Waals surface area (Å²) < 4.78 is 0. The lowest BCUT2D eigenvalue weighted by Crippen LogP contribution is -2.36. The molecule has 2 N–H and O–H groups in total. The van der Waals surface area contributed by atoms with Crippen LogP contribution in [0.2, 0.25) is 0 Å². The van der Waals surface area contributed by atoms with Gasteiger partial charge in [-0.15, -0.1) is 0 Å². The Labute approximate surface area is 67.4 Å². The molecule has 1 rings (SSSR count). The van der Waals surface area contributed by atoms with Crippen LogP contribution < -0.4 is 10.6 Å². The Kier molecular flexibility index (Phi) is 2.77. The Balaban J connectivity index is 2.35. The Morgan fingerprint density at radius 1 is 1.60 bits per heavy atom. The van der Waals surface area contributed by atoms with Gasteiger partial charge in [-0.25, -0.2) is 0 Å². The summed E-state index contributed by atoms with van der Waals surface area (Å²) in [6.07, 6.45) is 0.252. The SMILES string of the molecule is CC(C)C1CNC(C=S)N1. The molecule has 3 heteroatoms. The summed E-state index contributed by atoms with van der Waals surface area (Å²) in [6, 6.07) is 0.587. The van der Waals surface area contributed by atoms with Gasteiger partial charge in [-0.3, -0.25) is 10.6 Å². The molecule has 1 saturated heterocycles. The molecule has 1 fully saturated rings. The smallest absolute Gasteiger partial charge is 0.0871 e. The molecule has 10 heavy (non-hydrogen) atoms. The van der Waals surface area contributed by atoms with Crippen LogP contribution in [0.25, 0.3) is 0 Å². The largest absolute Gasteiger partial charge is 0.296 e. The molecule has 0 radical (unpaired) electrons. The molecule has 1 aliphatic rings. The average molecular weight is 158 g/mol. The zero-order valence-corrected chi connectivity index (χ0v) is 7.24. The quantitative estimate of drug-likeness (QED) is 0.573. The van der Waals surface area contributed by atoms with Crippen molar-refractivity contribution >= 4 is 17.6 Å². The fourth-order valence-corrected chi connectivity index (χ4v) is 1.29. The van der Waals surface area contributed by atoms with Gasteiger partial charge in [0.25, 0.3) is 0 Å². The first kappa shape index (κ1) is 8.11. The minimum absolute atomic E-state index is 0.252. The number of hydrogen-bond acceptors (Lipinski definition) is 3. The summed E-state index contributed by atoms with van der Waals surface area (Å²) in [5.74, 6) is 0.687. The first-order chi connectivity index (χ1) is 4.74. The molecule has 58 valence electrons. The maximum atomic E-state index is 4.80. The topological polar surface area (TPSA) is 24.1 Å². The van der Waals surface area contributed by atoms with Gasteiger partial charge in [0, 0.05) is 18.0 Å². The normalized spacial score (nSPS) is 33.1. The van der Waals surface area contributed by atoms with Gasteiger partial charge in [0.1, 0.15) is 0 Å². The van der Waals surface area contributed by atoms with Crippen LogP contribution in [-0.2, 0) is 0 Å². The van der Waals surface area contributed by atoms with Crippen LogP contribution in [-0.4, -0.2) is 24.1 Å². The monoisotopic (exact) mass is 158 g/mol. The molecule has 2 unspecified atom stereocenters. The lowest BCUT2D eigenvalue weighted by molar-refractivity contribution is 0.464. The average Bonchev–Trinajstić information content (AvgIpc) is 2.34. The molecule has 0 amide bonds. The molecule has 1 aliphatic heterocycles. The Hall–Kier alpha value is 0.01000. The molecule has 0 bridgehead atoms. The Bertz CT molecular complexity index is 125. The molecular weight excluding hydrogens is 144 g/mol. The van der Waals surface area contributed by atoms with Crippen molar-refractivity contribution in [3.8, 4) is 0 Å². The van der Waals surface area contributed by atoms with E-state index >= 15 is 0 Å². The molecule has 2 atom stereocenters. The first-order valence-electron chi connectivity index (χ1n) is 3.68. The van der Waals surface area contributed by atoms with Gasteiger partial charge in [-0.05, 0) is 5.92 Å². The zero-order chi connectivity index (χ0) is 7.56. The summed E-state index contributed by atoms with van der Waals surface area (Å²) in [5.41, 5.74) is 0. The van der Waals surface area contributed by atoms with Gasteiger partial charge in [0.2, 0.25) is 0 Å². The third kappa shape index (κ3) is 1.75. The predicted molar refractivity (Wildman–Crippen MR) is 47.2 cm³/mol. The van der Waals surface area contributed by atoms with Gasteiger partial charge in [0.15, 0.2) is 0 Å². The van der Waals surface area contributed by atoms with Gasteiger partial charge < -0.3 is 0 Å². The Morgan fingerprint density at radius 2 is 2.30 bits per heavy atom. The van der Waals surface area contributed by atoms with Crippen LogP contribution in [0, 0.1) is 5.92 Å². The lowest BCUT2D eigenvalue weighted by atomic mass is 10.1. The highest BCUT2D eigenvalue weighted by molar-refractivity contribution is 7.79. The van der Waals surface area contributed by atoms with Crippen LogP contribution in [0.4, 0.5) is 0 Å². The van der Waals surface area contributed by atoms with Crippen LogP contribution >= 0.6 is 12.2 Å². The number of rotatable bonds is 2. The molecule has 0 aromatic carbocycles.